The summed E-state index contributed by atoms with van der Waals surface area (Å²) >= 11 is 11.6. The van der Waals surface area contributed by atoms with E-state index in [4.69, 9.17) is 27.9 Å². The summed E-state index contributed by atoms with van der Waals surface area (Å²) in [6, 6.07) is 2.92. The Kier molecular flexibility index (Phi) is 6.44. The van der Waals surface area contributed by atoms with Gasteiger partial charge < -0.3 is 10.1 Å². The van der Waals surface area contributed by atoms with Crippen LogP contribution in [0.25, 0.3) is 0 Å². The van der Waals surface area contributed by atoms with E-state index < -0.39 is 15.9 Å². The third-order valence-electron chi connectivity index (χ3n) is 3.45. The van der Waals surface area contributed by atoms with Crippen molar-refractivity contribution in [1.29, 1.82) is 0 Å². The zero-order chi connectivity index (χ0) is 17.9. The van der Waals surface area contributed by atoms with Crippen LogP contribution in [-0.4, -0.2) is 61.2 Å². The molecule has 0 spiro atoms. The van der Waals surface area contributed by atoms with Crippen LogP contribution in [-0.2, 0) is 14.8 Å². The molecule has 1 aromatic rings. The molecular weight excluding hydrogens is 377 g/mol. The first-order valence-corrected chi connectivity index (χ1v) is 9.79. The fourth-order valence-corrected chi connectivity index (χ4v) is 4.27. The van der Waals surface area contributed by atoms with Gasteiger partial charge >= 0.3 is 0 Å². The highest BCUT2D eigenvalue weighted by Crippen LogP contribution is 2.17. The molecule has 2 heterocycles. The average molecular weight is 396 g/mol. The van der Waals surface area contributed by atoms with Gasteiger partial charge in [0, 0.05) is 19.6 Å². The van der Waals surface area contributed by atoms with E-state index in [0.717, 1.165) is 0 Å². The molecule has 0 aliphatic carbocycles. The first-order valence-electron chi connectivity index (χ1n) is 7.42. The maximum atomic E-state index is 12.4. The number of nitrogens with one attached hydrogen (secondary N) is 1. The summed E-state index contributed by atoms with van der Waals surface area (Å²) in [5.74, 6) is -0.780. The Balaban J connectivity index is 1.93. The van der Waals surface area contributed by atoms with Crippen molar-refractivity contribution in [3.05, 3.63) is 28.0 Å². The largest absolute Gasteiger partial charge is 0.373 e. The second-order valence-electron chi connectivity index (χ2n) is 5.61. The van der Waals surface area contributed by atoms with Crippen LogP contribution in [0, 0.1) is 0 Å². The zero-order valence-corrected chi connectivity index (χ0v) is 15.7. The number of aromatic nitrogens is 1. The topological polar surface area (TPSA) is 88.6 Å². The van der Waals surface area contributed by atoms with E-state index in [1.54, 1.807) is 0 Å². The molecule has 0 aromatic carbocycles. The lowest BCUT2D eigenvalue weighted by Gasteiger charge is -2.34. The Bertz CT molecular complexity index is 704. The molecule has 0 radical (unpaired) electrons. The molecule has 1 aromatic heterocycles. The summed E-state index contributed by atoms with van der Waals surface area (Å²) in [7, 11) is -3.49. The lowest BCUT2D eigenvalue weighted by atomic mass is 10.3. The molecule has 2 unspecified atom stereocenters. The first kappa shape index (κ1) is 19.4. The minimum absolute atomic E-state index is 0.0322. The number of rotatable bonds is 5. The predicted molar refractivity (Wildman–Crippen MR) is 92.0 cm³/mol. The van der Waals surface area contributed by atoms with Gasteiger partial charge in [-0.2, -0.15) is 4.31 Å². The molecular formula is C14H19Cl2N3O4S. The van der Waals surface area contributed by atoms with Crippen molar-refractivity contribution >= 4 is 39.1 Å². The Morgan fingerprint density at radius 2 is 1.96 bits per heavy atom. The Morgan fingerprint density at radius 1 is 1.33 bits per heavy atom. The van der Waals surface area contributed by atoms with Gasteiger partial charge in [-0.25, -0.2) is 13.4 Å². The van der Waals surface area contributed by atoms with E-state index in [0.29, 0.717) is 13.1 Å². The molecule has 24 heavy (non-hydrogen) atoms. The molecule has 0 bridgehead atoms. The Hall–Kier alpha value is -0.930. The number of hydrogen-bond acceptors (Lipinski definition) is 5. The maximum Gasteiger partial charge on any atom is 0.271 e. The van der Waals surface area contributed by atoms with Crippen LogP contribution >= 0.6 is 23.2 Å². The van der Waals surface area contributed by atoms with Gasteiger partial charge in [0.1, 0.15) is 10.8 Å². The fourth-order valence-electron chi connectivity index (χ4n) is 2.44. The van der Waals surface area contributed by atoms with E-state index in [9.17, 15) is 13.2 Å². The van der Waals surface area contributed by atoms with Crippen molar-refractivity contribution in [3.8, 4) is 0 Å². The predicted octanol–water partition coefficient (Wildman–Crippen LogP) is 1.56. The quantitative estimate of drug-likeness (QED) is 0.764. The maximum absolute atomic E-state index is 12.4. The van der Waals surface area contributed by atoms with Crippen molar-refractivity contribution < 1.29 is 17.9 Å². The summed E-state index contributed by atoms with van der Waals surface area (Å²) in [6.07, 6.45) is -0.319. The first-order chi connectivity index (χ1) is 11.2. The van der Waals surface area contributed by atoms with Crippen molar-refractivity contribution in [2.24, 2.45) is 0 Å². The number of ether oxygens (including phenoxy) is 1. The lowest BCUT2D eigenvalue weighted by Crippen LogP contribution is -2.49. The Labute approximate surface area is 151 Å². The van der Waals surface area contributed by atoms with Crippen LogP contribution in [0.2, 0.25) is 10.2 Å². The number of pyridine rings is 1. The van der Waals surface area contributed by atoms with Crippen LogP contribution in [0.5, 0.6) is 0 Å². The van der Waals surface area contributed by atoms with Gasteiger partial charge in [-0.05, 0) is 26.0 Å². The minimum Gasteiger partial charge on any atom is -0.373 e. The molecule has 10 heteroatoms. The van der Waals surface area contributed by atoms with Crippen LogP contribution < -0.4 is 5.32 Å². The fraction of sp³-hybridized carbons (Fsp3) is 0.571. The summed E-state index contributed by atoms with van der Waals surface area (Å²) in [6.45, 7) is 4.22. The van der Waals surface area contributed by atoms with Crippen LogP contribution in [0.15, 0.2) is 12.1 Å². The molecule has 1 saturated heterocycles. The third kappa shape index (κ3) is 5.03. The molecule has 7 nitrogen and oxygen atoms in total. The van der Waals surface area contributed by atoms with Crippen molar-refractivity contribution in [1.82, 2.24) is 14.6 Å². The van der Waals surface area contributed by atoms with Crippen LogP contribution in [0.3, 0.4) is 0 Å². The minimum atomic E-state index is -3.49. The molecule has 134 valence electrons. The smallest absolute Gasteiger partial charge is 0.271 e. The number of sulfonamides is 1. The molecule has 0 saturated carbocycles. The van der Waals surface area contributed by atoms with Crippen LogP contribution in [0.1, 0.15) is 24.3 Å². The highest BCUT2D eigenvalue weighted by molar-refractivity contribution is 7.89. The van der Waals surface area contributed by atoms with Crippen molar-refractivity contribution in [2.45, 2.75) is 26.1 Å². The highest BCUT2D eigenvalue weighted by atomic mass is 35.5. The number of amides is 1. The van der Waals surface area contributed by atoms with E-state index in [-0.39, 0.29) is 40.4 Å². The van der Waals surface area contributed by atoms with Gasteiger partial charge in [0.2, 0.25) is 10.0 Å². The molecule has 1 fully saturated rings. The van der Waals surface area contributed by atoms with Crippen molar-refractivity contribution in [3.63, 3.8) is 0 Å². The van der Waals surface area contributed by atoms with Gasteiger partial charge in [-0.1, -0.05) is 23.2 Å². The second kappa shape index (κ2) is 7.97. The lowest BCUT2D eigenvalue weighted by molar-refractivity contribution is -0.0440. The van der Waals surface area contributed by atoms with Crippen molar-refractivity contribution in [2.75, 3.05) is 25.4 Å². The van der Waals surface area contributed by atoms with E-state index in [1.807, 2.05) is 13.8 Å². The molecule has 1 aliphatic rings. The number of halogens is 2. The molecule has 1 N–H and O–H groups in total. The van der Waals surface area contributed by atoms with E-state index >= 15 is 0 Å². The monoisotopic (exact) mass is 395 g/mol. The summed E-state index contributed by atoms with van der Waals surface area (Å²) in [5, 5.41) is 2.78. The highest BCUT2D eigenvalue weighted by Gasteiger charge is 2.30. The van der Waals surface area contributed by atoms with Gasteiger partial charge in [0.15, 0.2) is 0 Å². The van der Waals surface area contributed by atoms with Crippen LogP contribution in [0.4, 0.5) is 0 Å². The number of nitrogens with zero attached hydrogens (tertiary/aromatic N) is 2. The summed E-state index contributed by atoms with van der Waals surface area (Å²) in [5.41, 5.74) is -0.0322. The summed E-state index contributed by atoms with van der Waals surface area (Å²) < 4.78 is 31.7. The Morgan fingerprint density at radius 3 is 2.58 bits per heavy atom. The summed E-state index contributed by atoms with van der Waals surface area (Å²) in [4.78, 5) is 15.9. The van der Waals surface area contributed by atoms with E-state index in [1.165, 1.54) is 16.4 Å². The zero-order valence-electron chi connectivity index (χ0n) is 13.3. The van der Waals surface area contributed by atoms with Gasteiger partial charge in [-0.15, -0.1) is 0 Å². The van der Waals surface area contributed by atoms with Gasteiger partial charge in [0.05, 0.1) is 23.0 Å². The number of hydrogen-bond donors (Lipinski definition) is 1. The van der Waals surface area contributed by atoms with Gasteiger partial charge in [-0.3, -0.25) is 4.79 Å². The molecule has 1 aliphatic heterocycles. The SMILES string of the molecule is CC1CN(S(=O)(=O)CCNC(=O)c2nc(Cl)ccc2Cl)CC(C)O1. The molecule has 2 rings (SSSR count). The third-order valence-corrected chi connectivity index (χ3v) is 5.77. The van der Waals surface area contributed by atoms with Gasteiger partial charge in [0.25, 0.3) is 5.91 Å². The average Bonchev–Trinajstić information content (AvgIpc) is 2.48. The number of morpholine rings is 1. The standard InChI is InChI=1S/C14H19Cl2N3O4S/c1-9-7-19(8-10(2)23-9)24(21,22)6-5-17-14(20)13-11(15)3-4-12(16)18-13/h3-4,9-10H,5-8H2,1-2H3,(H,17,20). The second-order valence-corrected chi connectivity index (χ2v) is 8.49. The molecule has 1 amide bonds. The van der Waals surface area contributed by atoms with E-state index in [2.05, 4.69) is 10.3 Å². The molecule has 2 atom stereocenters. The number of carbonyl (C=O) groups excluding carboxylic acids is 1. The number of carbonyl (C=O) groups is 1. The normalized spacial score (nSPS) is 22.3.